The number of hydrogen-bond donors (Lipinski definition) is 1. The van der Waals surface area contributed by atoms with Crippen molar-refractivity contribution in [1.29, 1.82) is 0 Å². The summed E-state index contributed by atoms with van der Waals surface area (Å²) in [6.07, 6.45) is 8.22. The van der Waals surface area contributed by atoms with Crippen LogP contribution in [0, 0.1) is 11.8 Å². The number of thiophene rings is 1. The predicted octanol–water partition coefficient (Wildman–Crippen LogP) is 2.16. The molecular formula is C25H33N5O3S. The normalized spacial score (nSPS) is 23.8. The number of carbonyl (C=O) groups is 2. The van der Waals surface area contributed by atoms with E-state index in [1.807, 2.05) is 9.80 Å². The van der Waals surface area contributed by atoms with Crippen LogP contribution >= 0.6 is 11.3 Å². The zero-order valence-corrected chi connectivity index (χ0v) is 20.5. The SMILES string of the molecule is O=C(C1CCCN(C(=O)C2CC2)C1)N1CCN(Cc2nc3sc4c(c3c(=O)[nH]2)CCCC4)CC1. The molecule has 1 atom stereocenters. The van der Waals surface area contributed by atoms with Crippen LogP contribution in [-0.4, -0.2) is 75.8 Å². The third-order valence-corrected chi connectivity index (χ3v) is 9.13. The van der Waals surface area contributed by atoms with Gasteiger partial charge in [0.2, 0.25) is 11.8 Å². The minimum absolute atomic E-state index is 0.00388. The summed E-state index contributed by atoms with van der Waals surface area (Å²) in [5.41, 5.74) is 1.22. The largest absolute Gasteiger partial charge is 0.342 e. The molecule has 2 saturated heterocycles. The number of aryl methyl sites for hydroxylation is 2. The summed E-state index contributed by atoms with van der Waals surface area (Å²) in [5, 5.41) is 0.806. The molecule has 4 aliphatic rings. The lowest BCUT2D eigenvalue weighted by Crippen LogP contribution is -2.53. The smallest absolute Gasteiger partial charge is 0.259 e. The molecule has 1 unspecified atom stereocenters. The third-order valence-electron chi connectivity index (χ3n) is 7.94. The van der Waals surface area contributed by atoms with Crippen molar-refractivity contribution in [3.05, 3.63) is 26.6 Å². The first kappa shape index (κ1) is 22.2. The van der Waals surface area contributed by atoms with E-state index in [0.717, 1.165) is 80.6 Å². The van der Waals surface area contributed by atoms with Crippen LogP contribution in [-0.2, 0) is 29.0 Å². The Labute approximate surface area is 203 Å². The summed E-state index contributed by atoms with van der Waals surface area (Å²) in [4.78, 5) is 54.7. The lowest BCUT2D eigenvalue weighted by atomic mass is 9.95. The van der Waals surface area contributed by atoms with Gasteiger partial charge in [-0.25, -0.2) is 4.98 Å². The summed E-state index contributed by atoms with van der Waals surface area (Å²) in [6.45, 7) is 4.90. The average Bonchev–Trinajstić information content (AvgIpc) is 3.64. The quantitative estimate of drug-likeness (QED) is 0.720. The Morgan fingerprint density at radius 2 is 1.68 bits per heavy atom. The highest BCUT2D eigenvalue weighted by Gasteiger charge is 2.38. The van der Waals surface area contributed by atoms with E-state index in [4.69, 9.17) is 4.98 Å². The van der Waals surface area contributed by atoms with E-state index >= 15 is 0 Å². The van der Waals surface area contributed by atoms with Crippen molar-refractivity contribution >= 4 is 33.4 Å². The third kappa shape index (κ3) is 4.28. The molecule has 2 amide bonds. The molecule has 34 heavy (non-hydrogen) atoms. The van der Waals surface area contributed by atoms with Crippen molar-refractivity contribution in [2.24, 2.45) is 11.8 Å². The maximum atomic E-state index is 13.2. The summed E-state index contributed by atoms with van der Waals surface area (Å²) in [5.74, 6) is 1.33. The predicted molar refractivity (Wildman–Crippen MR) is 131 cm³/mol. The molecular weight excluding hydrogens is 450 g/mol. The van der Waals surface area contributed by atoms with Crippen LogP contribution in [0.2, 0.25) is 0 Å². The summed E-state index contributed by atoms with van der Waals surface area (Å²) in [7, 11) is 0. The van der Waals surface area contributed by atoms with E-state index in [9.17, 15) is 14.4 Å². The Morgan fingerprint density at radius 1 is 0.912 bits per heavy atom. The Kier molecular flexibility index (Phi) is 5.93. The van der Waals surface area contributed by atoms with E-state index in [2.05, 4.69) is 9.88 Å². The molecule has 9 heteroatoms. The number of nitrogens with one attached hydrogen (secondary N) is 1. The molecule has 0 spiro atoms. The van der Waals surface area contributed by atoms with Gasteiger partial charge in [-0.2, -0.15) is 0 Å². The first-order chi connectivity index (χ1) is 16.6. The lowest BCUT2D eigenvalue weighted by molar-refractivity contribution is -0.142. The van der Waals surface area contributed by atoms with Gasteiger partial charge in [-0.15, -0.1) is 11.3 Å². The van der Waals surface area contributed by atoms with Gasteiger partial charge in [0.25, 0.3) is 5.56 Å². The fourth-order valence-electron chi connectivity index (χ4n) is 5.85. The average molecular weight is 484 g/mol. The maximum Gasteiger partial charge on any atom is 0.259 e. The van der Waals surface area contributed by atoms with Crippen LogP contribution in [0.25, 0.3) is 10.2 Å². The van der Waals surface area contributed by atoms with Gasteiger partial charge in [0.15, 0.2) is 0 Å². The number of piperazine rings is 1. The van der Waals surface area contributed by atoms with Gasteiger partial charge in [0.05, 0.1) is 17.8 Å². The maximum absolute atomic E-state index is 13.2. The number of amides is 2. The van der Waals surface area contributed by atoms with Crippen LogP contribution < -0.4 is 5.56 Å². The van der Waals surface area contributed by atoms with Gasteiger partial charge >= 0.3 is 0 Å². The Hall–Kier alpha value is -2.26. The first-order valence-corrected chi connectivity index (χ1v) is 13.7. The molecule has 4 heterocycles. The van der Waals surface area contributed by atoms with Crippen molar-refractivity contribution in [2.75, 3.05) is 39.3 Å². The van der Waals surface area contributed by atoms with Crippen LogP contribution in [0.1, 0.15) is 54.8 Å². The molecule has 2 aliphatic carbocycles. The minimum atomic E-state index is -0.0618. The molecule has 1 N–H and O–H groups in total. The van der Waals surface area contributed by atoms with E-state index < -0.39 is 0 Å². The number of aromatic nitrogens is 2. The van der Waals surface area contributed by atoms with Crippen molar-refractivity contribution in [3.63, 3.8) is 0 Å². The highest BCUT2D eigenvalue weighted by Crippen LogP contribution is 2.34. The van der Waals surface area contributed by atoms with Gasteiger partial charge in [-0.3, -0.25) is 19.3 Å². The zero-order chi connectivity index (χ0) is 23.2. The Morgan fingerprint density at radius 3 is 2.47 bits per heavy atom. The summed E-state index contributed by atoms with van der Waals surface area (Å²) in [6, 6.07) is 0. The van der Waals surface area contributed by atoms with Crippen molar-refractivity contribution in [1.82, 2.24) is 24.7 Å². The minimum Gasteiger partial charge on any atom is -0.342 e. The molecule has 2 aliphatic heterocycles. The van der Waals surface area contributed by atoms with Crippen molar-refractivity contribution in [2.45, 2.75) is 57.9 Å². The standard InChI is InChI=1S/C25H33N5O3S/c31-22-21-18-5-1-2-6-19(18)34-23(21)27-20(26-22)15-28-10-12-29(13-11-28)25(33)17-4-3-9-30(14-17)24(32)16-7-8-16/h16-17H,1-15H2,(H,26,27,31). The number of piperidine rings is 1. The topological polar surface area (TPSA) is 89.6 Å². The van der Waals surface area contributed by atoms with Gasteiger partial charge in [0, 0.05) is 50.1 Å². The molecule has 2 aromatic rings. The molecule has 8 nitrogen and oxygen atoms in total. The Bertz CT molecular complexity index is 1160. The molecule has 0 radical (unpaired) electrons. The molecule has 0 aromatic carbocycles. The lowest BCUT2D eigenvalue weighted by Gasteiger charge is -2.39. The fourth-order valence-corrected chi connectivity index (χ4v) is 7.13. The van der Waals surface area contributed by atoms with E-state index in [-0.39, 0.29) is 29.2 Å². The molecule has 0 bridgehead atoms. The number of rotatable bonds is 4. The number of likely N-dealkylation sites (tertiary alicyclic amines) is 1. The zero-order valence-electron chi connectivity index (χ0n) is 19.7. The highest BCUT2D eigenvalue weighted by atomic mass is 32.1. The van der Waals surface area contributed by atoms with Gasteiger partial charge in [-0.1, -0.05) is 0 Å². The van der Waals surface area contributed by atoms with Crippen LogP contribution in [0.15, 0.2) is 4.79 Å². The number of H-pyrrole nitrogens is 1. The fraction of sp³-hybridized carbons (Fsp3) is 0.680. The highest BCUT2D eigenvalue weighted by molar-refractivity contribution is 7.18. The van der Waals surface area contributed by atoms with Gasteiger partial charge in [-0.05, 0) is 56.9 Å². The number of hydrogen-bond acceptors (Lipinski definition) is 6. The number of carbonyl (C=O) groups excluding carboxylic acids is 2. The molecule has 6 rings (SSSR count). The van der Waals surface area contributed by atoms with Crippen LogP contribution in [0.5, 0.6) is 0 Å². The molecule has 3 fully saturated rings. The first-order valence-electron chi connectivity index (χ1n) is 12.9. The number of aromatic amines is 1. The van der Waals surface area contributed by atoms with Gasteiger partial charge in [0.1, 0.15) is 10.7 Å². The molecule has 2 aromatic heterocycles. The summed E-state index contributed by atoms with van der Waals surface area (Å²) < 4.78 is 0. The monoisotopic (exact) mass is 483 g/mol. The van der Waals surface area contributed by atoms with E-state index in [1.165, 1.54) is 16.9 Å². The van der Waals surface area contributed by atoms with Crippen molar-refractivity contribution < 1.29 is 9.59 Å². The van der Waals surface area contributed by atoms with Gasteiger partial charge < -0.3 is 14.8 Å². The Balaban J connectivity index is 1.06. The van der Waals surface area contributed by atoms with E-state index in [0.29, 0.717) is 26.2 Å². The van der Waals surface area contributed by atoms with Crippen LogP contribution in [0.4, 0.5) is 0 Å². The van der Waals surface area contributed by atoms with E-state index in [1.54, 1.807) is 11.3 Å². The second-order valence-electron chi connectivity index (χ2n) is 10.4. The molecule has 182 valence electrons. The van der Waals surface area contributed by atoms with Crippen molar-refractivity contribution in [3.8, 4) is 0 Å². The second-order valence-corrected chi connectivity index (χ2v) is 11.5. The number of nitrogens with zero attached hydrogens (tertiary/aromatic N) is 4. The molecule has 1 saturated carbocycles. The summed E-state index contributed by atoms with van der Waals surface area (Å²) >= 11 is 1.69. The van der Waals surface area contributed by atoms with Crippen LogP contribution in [0.3, 0.4) is 0 Å². The number of fused-ring (bicyclic) bond motifs is 3. The second kappa shape index (κ2) is 9.07.